The van der Waals surface area contributed by atoms with Gasteiger partial charge in [0, 0.05) is 6.04 Å². The van der Waals surface area contributed by atoms with E-state index in [1.54, 1.807) is 0 Å². The zero-order valence-electron chi connectivity index (χ0n) is 12.0. The Kier molecular flexibility index (Phi) is 5.60. The van der Waals surface area contributed by atoms with E-state index < -0.39 is 18.0 Å². The van der Waals surface area contributed by atoms with Crippen LogP contribution in [0.15, 0.2) is 30.3 Å². The number of carbonyl (C=O) groups is 2. The number of amides is 1. The number of alkyl carbamates (subject to hydrolysis) is 1. The summed E-state index contributed by atoms with van der Waals surface area (Å²) in [4.78, 5) is 23.1. The lowest BCUT2D eigenvalue weighted by Gasteiger charge is -2.22. The van der Waals surface area contributed by atoms with Gasteiger partial charge in [-0.2, -0.15) is 0 Å². The molecule has 1 fully saturated rings. The average Bonchev–Trinajstić information content (AvgIpc) is 2.72. The topological polar surface area (TPSA) is 75.6 Å². The summed E-state index contributed by atoms with van der Waals surface area (Å²) >= 11 is 0. The van der Waals surface area contributed by atoms with Gasteiger partial charge in [0.2, 0.25) is 0 Å². The van der Waals surface area contributed by atoms with Crippen molar-refractivity contribution in [2.75, 3.05) is 0 Å². The molecule has 0 bridgehead atoms. The van der Waals surface area contributed by atoms with Crippen LogP contribution in [0.2, 0.25) is 0 Å². The van der Waals surface area contributed by atoms with Crippen molar-refractivity contribution in [3.8, 4) is 0 Å². The van der Waals surface area contributed by atoms with Crippen LogP contribution in [0.25, 0.3) is 0 Å². The van der Waals surface area contributed by atoms with E-state index in [9.17, 15) is 14.7 Å². The van der Waals surface area contributed by atoms with E-state index in [1.807, 2.05) is 30.3 Å². The summed E-state index contributed by atoms with van der Waals surface area (Å²) in [6.45, 7) is 0.192. The summed E-state index contributed by atoms with van der Waals surface area (Å²) in [6.07, 6.45) is 3.61. The molecular weight excluding hydrogens is 270 g/mol. The summed E-state index contributed by atoms with van der Waals surface area (Å²) in [7, 11) is 0. The Balaban J connectivity index is 1.86. The maximum atomic E-state index is 11.8. The summed E-state index contributed by atoms with van der Waals surface area (Å²) in [5.74, 6) is -1.36. The molecule has 1 aromatic carbocycles. The third-order valence-electron chi connectivity index (χ3n) is 3.85. The van der Waals surface area contributed by atoms with Crippen LogP contribution in [0, 0.1) is 5.92 Å². The van der Waals surface area contributed by atoms with Crippen LogP contribution in [0.5, 0.6) is 0 Å². The van der Waals surface area contributed by atoms with Gasteiger partial charge in [0.25, 0.3) is 0 Å². The lowest BCUT2D eigenvalue weighted by atomic mass is 9.95. The molecule has 0 saturated heterocycles. The lowest BCUT2D eigenvalue weighted by Crippen LogP contribution is -2.43. The molecule has 0 radical (unpaired) electrons. The van der Waals surface area contributed by atoms with Crippen LogP contribution < -0.4 is 5.32 Å². The van der Waals surface area contributed by atoms with Gasteiger partial charge in [-0.3, -0.25) is 4.79 Å². The number of carboxylic acids is 1. The lowest BCUT2D eigenvalue weighted by molar-refractivity contribution is -0.142. The third kappa shape index (κ3) is 4.77. The molecule has 21 heavy (non-hydrogen) atoms. The molecule has 1 aliphatic carbocycles. The molecule has 0 aliphatic heterocycles. The quantitative estimate of drug-likeness (QED) is 0.836. The van der Waals surface area contributed by atoms with Crippen molar-refractivity contribution in [3.63, 3.8) is 0 Å². The summed E-state index contributed by atoms with van der Waals surface area (Å²) < 4.78 is 5.16. The van der Waals surface area contributed by atoms with Gasteiger partial charge in [0.1, 0.15) is 6.61 Å². The highest BCUT2D eigenvalue weighted by Crippen LogP contribution is 2.24. The van der Waals surface area contributed by atoms with E-state index in [0.717, 1.165) is 24.8 Å². The number of hydrogen-bond acceptors (Lipinski definition) is 3. The Morgan fingerprint density at radius 3 is 2.57 bits per heavy atom. The van der Waals surface area contributed by atoms with Gasteiger partial charge in [-0.15, -0.1) is 0 Å². The molecule has 2 atom stereocenters. The highest BCUT2D eigenvalue weighted by molar-refractivity contribution is 5.73. The predicted octanol–water partition coefficient (Wildman–Crippen LogP) is 2.95. The van der Waals surface area contributed by atoms with E-state index in [-0.39, 0.29) is 12.6 Å². The maximum absolute atomic E-state index is 11.8. The van der Waals surface area contributed by atoms with Crippen LogP contribution >= 0.6 is 0 Å². The molecule has 1 aromatic rings. The highest BCUT2D eigenvalue weighted by atomic mass is 16.5. The van der Waals surface area contributed by atoms with E-state index in [2.05, 4.69) is 5.32 Å². The Bertz CT molecular complexity index is 474. The van der Waals surface area contributed by atoms with E-state index in [0.29, 0.717) is 12.8 Å². The predicted molar refractivity (Wildman–Crippen MR) is 77.8 cm³/mol. The average molecular weight is 291 g/mol. The first-order valence-corrected chi connectivity index (χ1v) is 7.37. The number of nitrogens with one attached hydrogen (secondary N) is 1. The zero-order chi connectivity index (χ0) is 15.1. The van der Waals surface area contributed by atoms with Crippen molar-refractivity contribution in [2.24, 2.45) is 5.92 Å². The number of carboxylic acid groups (broad SMARTS) is 1. The van der Waals surface area contributed by atoms with Gasteiger partial charge < -0.3 is 15.2 Å². The second kappa shape index (κ2) is 7.67. The fraction of sp³-hybridized carbons (Fsp3) is 0.500. The van der Waals surface area contributed by atoms with Crippen LogP contribution in [-0.2, 0) is 16.1 Å². The van der Waals surface area contributed by atoms with Gasteiger partial charge in [-0.05, 0) is 18.4 Å². The molecular formula is C16H21NO4. The molecule has 5 heteroatoms. The highest BCUT2D eigenvalue weighted by Gasteiger charge is 2.30. The van der Waals surface area contributed by atoms with Crippen molar-refractivity contribution < 1.29 is 19.4 Å². The number of benzene rings is 1. The minimum atomic E-state index is -0.842. The third-order valence-corrected chi connectivity index (χ3v) is 3.85. The summed E-state index contributed by atoms with van der Waals surface area (Å²) in [6, 6.07) is 9.06. The second-order valence-electron chi connectivity index (χ2n) is 5.40. The van der Waals surface area contributed by atoms with Crippen molar-refractivity contribution in [1.29, 1.82) is 0 Å². The monoisotopic (exact) mass is 291 g/mol. The van der Waals surface area contributed by atoms with Gasteiger partial charge in [-0.25, -0.2) is 4.79 Å². The minimum absolute atomic E-state index is 0.192. The van der Waals surface area contributed by atoms with Gasteiger partial charge in [0.15, 0.2) is 0 Å². The number of rotatable bonds is 4. The molecule has 1 amide bonds. The maximum Gasteiger partial charge on any atom is 0.407 e. The van der Waals surface area contributed by atoms with Crippen LogP contribution in [0.4, 0.5) is 4.79 Å². The number of ether oxygens (including phenoxy) is 1. The van der Waals surface area contributed by atoms with Crippen molar-refractivity contribution in [1.82, 2.24) is 5.32 Å². The first kappa shape index (κ1) is 15.4. The molecule has 0 heterocycles. The molecule has 5 nitrogen and oxygen atoms in total. The number of hydrogen-bond donors (Lipinski definition) is 2. The van der Waals surface area contributed by atoms with Gasteiger partial charge >= 0.3 is 12.1 Å². The molecule has 1 saturated carbocycles. The van der Waals surface area contributed by atoms with Crippen LogP contribution in [0.3, 0.4) is 0 Å². The van der Waals surface area contributed by atoms with Crippen LogP contribution in [-0.4, -0.2) is 23.2 Å². The first-order chi connectivity index (χ1) is 10.2. The number of aliphatic carboxylic acids is 1. The van der Waals surface area contributed by atoms with Crippen molar-refractivity contribution in [3.05, 3.63) is 35.9 Å². The molecule has 114 valence electrons. The fourth-order valence-corrected chi connectivity index (χ4v) is 2.69. The standard InChI is InChI=1S/C16H21NO4/c18-15(19)13-9-5-2-6-10-14(13)17-16(20)21-11-12-7-3-1-4-8-12/h1,3-4,7-8,13-14H,2,5-6,9-11H2,(H,17,20)(H,18,19)/t13-,14-/m0/s1. The largest absolute Gasteiger partial charge is 0.481 e. The van der Waals surface area contributed by atoms with E-state index in [4.69, 9.17) is 4.74 Å². The normalized spacial score (nSPS) is 22.1. The Hall–Kier alpha value is -2.04. The van der Waals surface area contributed by atoms with Gasteiger partial charge in [0.05, 0.1) is 5.92 Å². The van der Waals surface area contributed by atoms with Crippen molar-refractivity contribution in [2.45, 2.75) is 44.8 Å². The van der Waals surface area contributed by atoms with E-state index in [1.165, 1.54) is 0 Å². The van der Waals surface area contributed by atoms with Gasteiger partial charge in [-0.1, -0.05) is 49.6 Å². The zero-order valence-corrected chi connectivity index (χ0v) is 12.0. The minimum Gasteiger partial charge on any atom is -0.481 e. The number of carbonyl (C=O) groups excluding carboxylic acids is 1. The molecule has 0 unspecified atom stereocenters. The second-order valence-corrected chi connectivity index (χ2v) is 5.40. The molecule has 2 rings (SSSR count). The smallest absolute Gasteiger partial charge is 0.407 e. The Labute approximate surface area is 124 Å². The summed E-state index contributed by atoms with van der Waals surface area (Å²) in [5, 5.41) is 12.0. The Morgan fingerprint density at radius 2 is 1.86 bits per heavy atom. The first-order valence-electron chi connectivity index (χ1n) is 7.37. The van der Waals surface area contributed by atoms with E-state index >= 15 is 0 Å². The summed E-state index contributed by atoms with van der Waals surface area (Å²) in [5.41, 5.74) is 0.906. The molecule has 0 aromatic heterocycles. The van der Waals surface area contributed by atoms with Crippen molar-refractivity contribution >= 4 is 12.1 Å². The molecule has 1 aliphatic rings. The molecule has 2 N–H and O–H groups in total. The van der Waals surface area contributed by atoms with Crippen LogP contribution in [0.1, 0.15) is 37.7 Å². The fourth-order valence-electron chi connectivity index (χ4n) is 2.69. The molecule has 0 spiro atoms. The Morgan fingerprint density at radius 1 is 1.14 bits per heavy atom. The SMILES string of the molecule is O=C(N[C@H]1CCCCC[C@@H]1C(=O)O)OCc1ccccc1.